The third-order valence-corrected chi connectivity index (χ3v) is 4.87. The zero-order valence-electron chi connectivity index (χ0n) is 11.9. The highest BCUT2D eigenvalue weighted by molar-refractivity contribution is 7.80. The first kappa shape index (κ1) is 14.7. The molecular formula is C14H24N2O2S. The van der Waals surface area contributed by atoms with Crippen molar-refractivity contribution in [3.8, 4) is 0 Å². The Balaban J connectivity index is 2.26. The molecule has 0 aromatic rings. The number of carbonyl (C=O) groups excluding carboxylic acids is 1. The molecule has 0 bridgehead atoms. The first-order valence-electron chi connectivity index (χ1n) is 7.10. The summed E-state index contributed by atoms with van der Waals surface area (Å²) in [6, 6.07) is 0. The third-order valence-electron chi connectivity index (χ3n) is 4.48. The van der Waals surface area contributed by atoms with Gasteiger partial charge in [0.25, 0.3) is 0 Å². The standard InChI is InChI=1S/C14H24N2O2S/c1-13(2)10-18-9-8-16(13)12(17)14(11(15)19)6-4-3-5-7-14/h3-10H2,1-2H3,(H2,15,19). The molecule has 108 valence electrons. The van der Waals surface area contributed by atoms with Crippen molar-refractivity contribution >= 4 is 23.1 Å². The molecule has 2 rings (SSSR count). The van der Waals surface area contributed by atoms with Gasteiger partial charge in [-0.2, -0.15) is 0 Å². The summed E-state index contributed by atoms with van der Waals surface area (Å²) in [6.07, 6.45) is 4.84. The minimum Gasteiger partial charge on any atom is -0.392 e. The summed E-state index contributed by atoms with van der Waals surface area (Å²) in [6.45, 7) is 5.89. The molecule has 0 aromatic carbocycles. The lowest BCUT2D eigenvalue weighted by Crippen LogP contribution is -2.61. The predicted octanol–water partition coefficient (Wildman–Crippen LogP) is 1.86. The average molecular weight is 284 g/mol. The van der Waals surface area contributed by atoms with Gasteiger partial charge in [0.05, 0.1) is 29.2 Å². The van der Waals surface area contributed by atoms with Crippen LogP contribution >= 0.6 is 12.2 Å². The minimum atomic E-state index is -0.609. The number of amides is 1. The Bertz CT molecular complexity index is 376. The quantitative estimate of drug-likeness (QED) is 0.786. The van der Waals surface area contributed by atoms with Gasteiger partial charge in [0, 0.05) is 6.54 Å². The highest BCUT2D eigenvalue weighted by Gasteiger charge is 2.48. The number of hydrogen-bond acceptors (Lipinski definition) is 3. The molecule has 4 nitrogen and oxygen atoms in total. The smallest absolute Gasteiger partial charge is 0.236 e. The van der Waals surface area contributed by atoms with E-state index < -0.39 is 5.41 Å². The highest BCUT2D eigenvalue weighted by atomic mass is 32.1. The summed E-state index contributed by atoms with van der Waals surface area (Å²) in [7, 11) is 0. The summed E-state index contributed by atoms with van der Waals surface area (Å²) in [5.74, 6) is 0.119. The minimum absolute atomic E-state index is 0.119. The van der Waals surface area contributed by atoms with Gasteiger partial charge in [0.2, 0.25) is 5.91 Å². The number of hydrogen-bond donors (Lipinski definition) is 1. The second-order valence-corrected chi connectivity index (χ2v) is 6.77. The summed E-state index contributed by atoms with van der Waals surface area (Å²) in [5, 5.41) is 0. The fraction of sp³-hybridized carbons (Fsp3) is 0.857. The first-order valence-corrected chi connectivity index (χ1v) is 7.51. The zero-order chi connectivity index (χ0) is 14.1. The van der Waals surface area contributed by atoms with Crippen molar-refractivity contribution in [1.29, 1.82) is 0 Å². The second-order valence-electron chi connectivity index (χ2n) is 6.33. The molecule has 0 atom stereocenters. The SMILES string of the molecule is CC1(C)COCCN1C(=O)C1(C(N)=S)CCCCC1. The van der Waals surface area contributed by atoms with Crippen LogP contribution in [0.4, 0.5) is 0 Å². The molecule has 0 spiro atoms. The number of thiocarbonyl (C=S) groups is 1. The molecule has 2 fully saturated rings. The van der Waals surface area contributed by atoms with Crippen molar-refractivity contribution in [2.75, 3.05) is 19.8 Å². The number of nitrogens with zero attached hydrogens (tertiary/aromatic N) is 1. The largest absolute Gasteiger partial charge is 0.392 e. The molecule has 2 aliphatic rings. The molecule has 0 unspecified atom stereocenters. The van der Waals surface area contributed by atoms with E-state index in [0.717, 1.165) is 25.7 Å². The third kappa shape index (κ3) is 2.63. The van der Waals surface area contributed by atoms with Crippen LogP contribution < -0.4 is 5.73 Å². The summed E-state index contributed by atoms with van der Waals surface area (Å²) in [4.78, 5) is 15.3. The first-order chi connectivity index (χ1) is 8.90. The van der Waals surface area contributed by atoms with Gasteiger partial charge in [0.15, 0.2) is 0 Å². The van der Waals surface area contributed by atoms with E-state index in [9.17, 15) is 4.79 Å². The number of morpholine rings is 1. The molecule has 1 heterocycles. The van der Waals surface area contributed by atoms with E-state index in [1.807, 2.05) is 18.7 Å². The highest BCUT2D eigenvalue weighted by Crippen LogP contribution is 2.40. The number of ether oxygens (including phenoxy) is 1. The maximum absolute atomic E-state index is 13.0. The van der Waals surface area contributed by atoms with E-state index in [0.29, 0.717) is 24.7 Å². The van der Waals surface area contributed by atoms with Gasteiger partial charge in [-0.1, -0.05) is 31.5 Å². The maximum atomic E-state index is 13.0. The van der Waals surface area contributed by atoms with E-state index in [-0.39, 0.29) is 11.4 Å². The Kier molecular flexibility index (Phi) is 4.16. The van der Waals surface area contributed by atoms with Gasteiger partial charge in [-0.05, 0) is 26.7 Å². The van der Waals surface area contributed by atoms with Gasteiger partial charge in [-0.15, -0.1) is 0 Å². The van der Waals surface area contributed by atoms with Gasteiger partial charge in [-0.25, -0.2) is 0 Å². The van der Waals surface area contributed by atoms with E-state index in [1.54, 1.807) is 0 Å². The van der Waals surface area contributed by atoms with E-state index in [1.165, 1.54) is 6.42 Å². The summed E-state index contributed by atoms with van der Waals surface area (Å²) >= 11 is 5.25. The van der Waals surface area contributed by atoms with Crippen molar-refractivity contribution in [3.63, 3.8) is 0 Å². The van der Waals surface area contributed by atoms with E-state index >= 15 is 0 Å². The van der Waals surface area contributed by atoms with E-state index in [4.69, 9.17) is 22.7 Å². The Morgan fingerprint density at radius 1 is 1.26 bits per heavy atom. The van der Waals surface area contributed by atoms with Crippen molar-refractivity contribution in [1.82, 2.24) is 4.90 Å². The lowest BCUT2D eigenvalue weighted by atomic mass is 9.72. The fourth-order valence-electron chi connectivity index (χ4n) is 3.21. The predicted molar refractivity (Wildman–Crippen MR) is 78.9 cm³/mol. The molecule has 2 N–H and O–H groups in total. The van der Waals surface area contributed by atoms with Crippen LogP contribution in [0, 0.1) is 5.41 Å². The van der Waals surface area contributed by atoms with Crippen LogP contribution in [-0.2, 0) is 9.53 Å². The number of nitrogens with two attached hydrogens (primary N) is 1. The van der Waals surface area contributed by atoms with Crippen LogP contribution in [0.2, 0.25) is 0 Å². The van der Waals surface area contributed by atoms with Crippen LogP contribution in [0.1, 0.15) is 46.0 Å². The van der Waals surface area contributed by atoms with Crippen LogP contribution in [-0.4, -0.2) is 41.1 Å². The second kappa shape index (κ2) is 5.37. The Labute approximate surface area is 120 Å². The zero-order valence-corrected chi connectivity index (χ0v) is 12.7. The molecule has 1 amide bonds. The Morgan fingerprint density at radius 3 is 2.42 bits per heavy atom. The molecule has 19 heavy (non-hydrogen) atoms. The molecule has 5 heteroatoms. The van der Waals surface area contributed by atoms with Gasteiger partial charge in [0.1, 0.15) is 0 Å². The maximum Gasteiger partial charge on any atom is 0.236 e. The normalized spacial score (nSPS) is 25.9. The van der Waals surface area contributed by atoms with Crippen LogP contribution in [0.5, 0.6) is 0 Å². The molecular weight excluding hydrogens is 260 g/mol. The molecule has 1 saturated heterocycles. The van der Waals surface area contributed by atoms with Gasteiger partial charge >= 0.3 is 0 Å². The fourth-order valence-corrected chi connectivity index (χ4v) is 3.51. The van der Waals surface area contributed by atoms with Gasteiger partial charge < -0.3 is 15.4 Å². The monoisotopic (exact) mass is 284 g/mol. The summed E-state index contributed by atoms with van der Waals surface area (Å²) in [5.41, 5.74) is 5.07. The Morgan fingerprint density at radius 2 is 1.89 bits per heavy atom. The average Bonchev–Trinajstić information content (AvgIpc) is 2.38. The van der Waals surface area contributed by atoms with Crippen LogP contribution in [0.25, 0.3) is 0 Å². The molecule has 1 saturated carbocycles. The van der Waals surface area contributed by atoms with Crippen LogP contribution in [0.15, 0.2) is 0 Å². The van der Waals surface area contributed by atoms with Crippen molar-refractivity contribution in [3.05, 3.63) is 0 Å². The van der Waals surface area contributed by atoms with E-state index in [2.05, 4.69) is 0 Å². The summed E-state index contributed by atoms with van der Waals surface area (Å²) < 4.78 is 5.49. The lowest BCUT2D eigenvalue weighted by Gasteiger charge is -2.47. The lowest BCUT2D eigenvalue weighted by molar-refractivity contribution is -0.155. The van der Waals surface area contributed by atoms with Crippen molar-refractivity contribution in [2.24, 2.45) is 11.1 Å². The molecule has 1 aliphatic carbocycles. The topological polar surface area (TPSA) is 55.6 Å². The van der Waals surface area contributed by atoms with Crippen LogP contribution in [0.3, 0.4) is 0 Å². The Hall–Kier alpha value is -0.680. The van der Waals surface area contributed by atoms with Crippen molar-refractivity contribution in [2.45, 2.75) is 51.5 Å². The molecule has 0 radical (unpaired) electrons. The number of carbonyl (C=O) groups is 1. The molecule has 1 aliphatic heterocycles. The number of rotatable bonds is 2. The molecule has 0 aromatic heterocycles. The van der Waals surface area contributed by atoms with Crippen molar-refractivity contribution < 1.29 is 9.53 Å². The van der Waals surface area contributed by atoms with Gasteiger partial charge in [-0.3, -0.25) is 4.79 Å².